The molecule has 7 heteroatoms. The fourth-order valence-corrected chi connectivity index (χ4v) is 2.00. The van der Waals surface area contributed by atoms with Crippen molar-refractivity contribution in [3.8, 4) is 5.88 Å². The van der Waals surface area contributed by atoms with E-state index in [1.54, 1.807) is 24.3 Å². The number of amides is 2. The molecule has 0 aliphatic rings. The van der Waals surface area contributed by atoms with Crippen LogP contribution in [0.25, 0.3) is 10.9 Å². The summed E-state index contributed by atoms with van der Waals surface area (Å²) in [5.41, 5.74) is 1.08. The summed E-state index contributed by atoms with van der Waals surface area (Å²) in [4.78, 5) is 14.3. The molecule has 0 unspecified atom stereocenters. The van der Waals surface area contributed by atoms with Gasteiger partial charge >= 0.3 is 6.03 Å². The number of carbonyl (C=O) groups excluding carboxylic acids is 1. The Morgan fingerprint density at radius 3 is 2.73 bits per heavy atom. The van der Waals surface area contributed by atoms with E-state index >= 15 is 0 Å². The fraction of sp³-hybridized carbons (Fsp3) is 0. The Balaban J connectivity index is 1.85. The van der Waals surface area contributed by atoms with Crippen LogP contribution in [0.15, 0.2) is 58.8 Å². The summed E-state index contributed by atoms with van der Waals surface area (Å²) in [5, 5.41) is 19.8. The minimum absolute atomic E-state index is 0.0118. The van der Waals surface area contributed by atoms with Crippen LogP contribution < -0.4 is 5.32 Å². The van der Waals surface area contributed by atoms with Crippen molar-refractivity contribution in [3.63, 3.8) is 0 Å². The SMILES string of the molecule is O=C(N=Nc1c(O)[nH]c2ccc(F)cc12)Nc1ccccc1. The van der Waals surface area contributed by atoms with E-state index in [9.17, 15) is 14.3 Å². The highest BCUT2D eigenvalue weighted by atomic mass is 19.1. The van der Waals surface area contributed by atoms with E-state index in [0.717, 1.165) is 0 Å². The topological polar surface area (TPSA) is 89.8 Å². The number of rotatable bonds is 2. The van der Waals surface area contributed by atoms with Crippen LogP contribution in [-0.2, 0) is 0 Å². The molecule has 0 bridgehead atoms. The van der Waals surface area contributed by atoms with Gasteiger partial charge in [-0.15, -0.1) is 5.11 Å². The Bertz CT molecular complexity index is 859. The Hall–Kier alpha value is -3.22. The van der Waals surface area contributed by atoms with Gasteiger partial charge in [-0.3, -0.25) is 0 Å². The molecule has 0 saturated carbocycles. The summed E-state index contributed by atoms with van der Waals surface area (Å²) in [5.74, 6) is -0.756. The number of aromatic amines is 1. The third kappa shape index (κ3) is 2.78. The van der Waals surface area contributed by atoms with Gasteiger partial charge in [-0.05, 0) is 30.3 Å². The molecule has 0 fully saturated rings. The van der Waals surface area contributed by atoms with Gasteiger partial charge in [0, 0.05) is 11.1 Å². The highest BCUT2D eigenvalue weighted by molar-refractivity contribution is 5.95. The molecule has 3 rings (SSSR count). The summed E-state index contributed by atoms with van der Waals surface area (Å²) in [6, 6.07) is 12.0. The van der Waals surface area contributed by atoms with E-state index in [2.05, 4.69) is 20.5 Å². The van der Waals surface area contributed by atoms with E-state index in [1.807, 2.05) is 6.07 Å². The second-order valence-electron chi connectivity index (χ2n) is 4.51. The molecular formula is C15H11FN4O2. The smallest absolute Gasteiger partial charge is 0.364 e. The Labute approximate surface area is 124 Å². The van der Waals surface area contributed by atoms with Gasteiger partial charge in [0.2, 0.25) is 5.88 Å². The van der Waals surface area contributed by atoms with E-state index in [-0.39, 0.29) is 11.6 Å². The van der Waals surface area contributed by atoms with Crippen molar-refractivity contribution in [1.29, 1.82) is 0 Å². The van der Waals surface area contributed by atoms with Crippen LogP contribution in [0.1, 0.15) is 0 Å². The first-order valence-electron chi connectivity index (χ1n) is 6.41. The summed E-state index contributed by atoms with van der Waals surface area (Å²) < 4.78 is 13.3. The van der Waals surface area contributed by atoms with Gasteiger partial charge in [0.1, 0.15) is 5.82 Å². The molecule has 6 nitrogen and oxygen atoms in total. The zero-order chi connectivity index (χ0) is 15.5. The van der Waals surface area contributed by atoms with Crippen molar-refractivity contribution < 1.29 is 14.3 Å². The lowest BCUT2D eigenvalue weighted by atomic mass is 10.2. The van der Waals surface area contributed by atoms with E-state index in [4.69, 9.17) is 0 Å². The lowest BCUT2D eigenvalue weighted by Crippen LogP contribution is -2.04. The molecule has 1 aromatic heterocycles. The minimum atomic E-state index is -0.698. The number of aromatic hydroxyl groups is 1. The number of hydrogen-bond acceptors (Lipinski definition) is 3. The highest BCUT2D eigenvalue weighted by Crippen LogP contribution is 2.35. The number of nitrogens with zero attached hydrogens (tertiary/aromatic N) is 2. The fourth-order valence-electron chi connectivity index (χ4n) is 2.00. The number of anilines is 1. The zero-order valence-corrected chi connectivity index (χ0v) is 11.2. The Morgan fingerprint density at radius 2 is 1.95 bits per heavy atom. The van der Waals surface area contributed by atoms with Crippen LogP contribution in [0.5, 0.6) is 5.88 Å². The molecule has 0 atom stereocenters. The summed E-state index contributed by atoms with van der Waals surface area (Å²) in [6.45, 7) is 0. The second kappa shape index (κ2) is 5.65. The van der Waals surface area contributed by atoms with E-state index in [0.29, 0.717) is 16.6 Å². The van der Waals surface area contributed by atoms with E-state index in [1.165, 1.54) is 18.2 Å². The quantitative estimate of drug-likeness (QED) is 0.615. The molecular weight excluding hydrogens is 287 g/mol. The number of fused-ring (bicyclic) bond motifs is 1. The normalized spacial score (nSPS) is 11.1. The maximum Gasteiger partial charge on any atom is 0.364 e. The maximum absolute atomic E-state index is 13.3. The number of halogens is 1. The maximum atomic E-state index is 13.3. The van der Waals surface area contributed by atoms with Crippen LogP contribution in [0.4, 0.5) is 20.6 Å². The van der Waals surface area contributed by atoms with Crippen molar-refractivity contribution in [2.75, 3.05) is 5.32 Å². The lowest BCUT2D eigenvalue weighted by molar-refractivity contribution is 0.258. The largest absolute Gasteiger partial charge is 0.493 e. The van der Waals surface area contributed by atoms with Crippen LogP contribution in [0.3, 0.4) is 0 Å². The molecule has 2 amide bonds. The molecule has 2 aromatic carbocycles. The Kier molecular flexibility index (Phi) is 3.53. The summed E-state index contributed by atoms with van der Waals surface area (Å²) in [6.07, 6.45) is 0. The summed E-state index contributed by atoms with van der Waals surface area (Å²) in [7, 11) is 0. The molecule has 0 spiro atoms. The van der Waals surface area contributed by atoms with Gasteiger partial charge in [-0.2, -0.15) is 0 Å². The van der Waals surface area contributed by atoms with Crippen molar-refractivity contribution in [3.05, 3.63) is 54.3 Å². The number of H-pyrrole nitrogens is 1. The molecule has 0 aliphatic heterocycles. The van der Waals surface area contributed by atoms with Crippen molar-refractivity contribution in [1.82, 2.24) is 4.98 Å². The Morgan fingerprint density at radius 1 is 1.18 bits per heavy atom. The van der Waals surface area contributed by atoms with Crippen LogP contribution >= 0.6 is 0 Å². The molecule has 1 heterocycles. The number of azo groups is 1. The van der Waals surface area contributed by atoms with Crippen LogP contribution in [0.2, 0.25) is 0 Å². The van der Waals surface area contributed by atoms with Crippen molar-refractivity contribution >= 4 is 28.3 Å². The predicted octanol–water partition coefficient (Wildman–Crippen LogP) is 4.33. The number of para-hydroxylation sites is 1. The molecule has 3 aromatic rings. The molecule has 22 heavy (non-hydrogen) atoms. The first-order chi connectivity index (χ1) is 10.6. The molecule has 0 radical (unpaired) electrons. The number of nitrogens with one attached hydrogen (secondary N) is 2. The summed E-state index contributed by atoms with van der Waals surface area (Å²) >= 11 is 0. The highest BCUT2D eigenvalue weighted by Gasteiger charge is 2.11. The third-order valence-electron chi connectivity index (χ3n) is 2.98. The molecule has 110 valence electrons. The van der Waals surface area contributed by atoms with Crippen molar-refractivity contribution in [2.24, 2.45) is 10.2 Å². The minimum Gasteiger partial charge on any atom is -0.493 e. The lowest BCUT2D eigenvalue weighted by Gasteiger charge is -1.99. The molecule has 0 saturated heterocycles. The van der Waals surface area contributed by atoms with Gasteiger partial charge < -0.3 is 15.4 Å². The number of carbonyl (C=O) groups is 1. The van der Waals surface area contributed by atoms with E-state index < -0.39 is 11.8 Å². The molecule has 3 N–H and O–H groups in total. The molecule has 0 aliphatic carbocycles. The first kappa shape index (κ1) is 13.7. The second-order valence-corrected chi connectivity index (χ2v) is 4.51. The predicted molar refractivity (Wildman–Crippen MR) is 79.9 cm³/mol. The standard InChI is InChI=1S/C15H11FN4O2/c16-9-6-7-12-11(8-9)13(14(21)18-12)19-20-15(22)17-10-4-2-1-3-5-10/h1-8,18,21H,(H,17,22). The average molecular weight is 298 g/mol. The van der Waals surface area contributed by atoms with Crippen molar-refractivity contribution in [2.45, 2.75) is 0 Å². The zero-order valence-electron chi connectivity index (χ0n) is 11.2. The van der Waals surface area contributed by atoms with Gasteiger partial charge in [0.05, 0.1) is 5.52 Å². The average Bonchev–Trinajstić information content (AvgIpc) is 2.81. The van der Waals surface area contributed by atoms with Gasteiger partial charge in [-0.25, -0.2) is 9.18 Å². The van der Waals surface area contributed by atoms with Gasteiger partial charge in [-0.1, -0.05) is 23.3 Å². The van der Waals surface area contributed by atoms with Crippen LogP contribution in [-0.4, -0.2) is 16.1 Å². The third-order valence-corrected chi connectivity index (χ3v) is 2.98. The van der Waals surface area contributed by atoms with Gasteiger partial charge in [0.25, 0.3) is 0 Å². The monoisotopic (exact) mass is 298 g/mol. The van der Waals surface area contributed by atoms with Gasteiger partial charge in [0.15, 0.2) is 5.69 Å². The number of aromatic nitrogens is 1. The first-order valence-corrected chi connectivity index (χ1v) is 6.41. The van der Waals surface area contributed by atoms with Crippen LogP contribution in [0, 0.1) is 5.82 Å². The number of urea groups is 1. The number of benzene rings is 2. The number of hydrogen-bond donors (Lipinski definition) is 3.